The highest BCUT2D eigenvalue weighted by Gasteiger charge is 2.50. The van der Waals surface area contributed by atoms with E-state index in [1.54, 1.807) is 15.6 Å². The number of sulfonamides is 1. The Morgan fingerprint density at radius 3 is 2.67 bits per heavy atom. The number of benzene rings is 1. The molecule has 0 aliphatic carbocycles. The summed E-state index contributed by atoms with van der Waals surface area (Å²) in [6, 6.07) is 10.0. The van der Waals surface area contributed by atoms with Crippen LogP contribution in [0.4, 0.5) is 0 Å². The third-order valence-corrected chi connectivity index (χ3v) is 7.10. The SMILES string of the molecule is CS(=O)(=O)N1C[C@H]2CN(Cc3nccs3)C[C@H]2[C@@H]1c1ccccc1. The molecule has 1 aromatic heterocycles. The lowest BCUT2D eigenvalue weighted by molar-refractivity contribution is 0.260. The fourth-order valence-electron chi connectivity index (χ4n) is 4.15. The molecule has 0 spiro atoms. The van der Waals surface area contributed by atoms with Gasteiger partial charge in [-0.1, -0.05) is 30.3 Å². The van der Waals surface area contributed by atoms with Gasteiger partial charge in [-0.25, -0.2) is 13.4 Å². The molecule has 128 valence electrons. The van der Waals surface area contributed by atoms with E-state index in [0.717, 1.165) is 30.2 Å². The van der Waals surface area contributed by atoms with Crippen LogP contribution in [-0.4, -0.2) is 48.5 Å². The average molecular weight is 364 g/mol. The van der Waals surface area contributed by atoms with E-state index < -0.39 is 10.0 Å². The summed E-state index contributed by atoms with van der Waals surface area (Å²) < 4.78 is 26.3. The lowest BCUT2D eigenvalue weighted by Gasteiger charge is -2.28. The fraction of sp³-hybridized carbons (Fsp3) is 0.471. The Morgan fingerprint density at radius 2 is 2.00 bits per heavy atom. The monoisotopic (exact) mass is 363 g/mol. The van der Waals surface area contributed by atoms with Crippen LogP contribution in [0, 0.1) is 11.8 Å². The Balaban J connectivity index is 1.59. The molecule has 0 unspecified atom stereocenters. The molecule has 3 heterocycles. The van der Waals surface area contributed by atoms with Crippen LogP contribution in [-0.2, 0) is 16.6 Å². The Kier molecular flexibility index (Phi) is 4.20. The molecule has 0 radical (unpaired) electrons. The van der Waals surface area contributed by atoms with Gasteiger partial charge in [-0.05, 0) is 17.4 Å². The summed E-state index contributed by atoms with van der Waals surface area (Å²) in [5, 5.41) is 3.14. The molecule has 3 atom stereocenters. The molecule has 2 fully saturated rings. The summed E-state index contributed by atoms with van der Waals surface area (Å²) in [5.74, 6) is 0.743. The van der Waals surface area contributed by atoms with Crippen LogP contribution < -0.4 is 0 Å². The first-order chi connectivity index (χ1) is 11.5. The molecule has 7 heteroatoms. The van der Waals surface area contributed by atoms with Gasteiger partial charge in [0.25, 0.3) is 0 Å². The van der Waals surface area contributed by atoms with Crippen molar-refractivity contribution in [3.8, 4) is 0 Å². The van der Waals surface area contributed by atoms with E-state index >= 15 is 0 Å². The number of hydrogen-bond acceptors (Lipinski definition) is 5. The third-order valence-electron chi connectivity index (χ3n) is 5.11. The van der Waals surface area contributed by atoms with Gasteiger partial charge >= 0.3 is 0 Å². The standard InChI is InChI=1S/C17H21N3O2S2/c1-24(21,22)20-10-14-9-19(12-16-18-7-8-23-16)11-15(14)17(20)13-5-3-2-4-6-13/h2-8,14-15,17H,9-12H2,1H3/t14-,15-,17+/m1/s1. The highest BCUT2D eigenvalue weighted by molar-refractivity contribution is 7.88. The number of hydrogen-bond donors (Lipinski definition) is 0. The Labute approximate surface area is 147 Å². The Hall–Kier alpha value is -1.28. The van der Waals surface area contributed by atoms with Crippen LogP contribution in [0.2, 0.25) is 0 Å². The van der Waals surface area contributed by atoms with Crippen molar-refractivity contribution in [2.75, 3.05) is 25.9 Å². The van der Waals surface area contributed by atoms with Gasteiger partial charge in [0.15, 0.2) is 0 Å². The van der Waals surface area contributed by atoms with Gasteiger partial charge in [0.2, 0.25) is 10.0 Å². The second-order valence-corrected chi connectivity index (χ2v) is 9.65. The highest BCUT2D eigenvalue weighted by atomic mass is 32.2. The van der Waals surface area contributed by atoms with Gasteiger partial charge in [-0.15, -0.1) is 11.3 Å². The zero-order chi connectivity index (χ0) is 16.7. The molecule has 2 aliphatic rings. The minimum absolute atomic E-state index is 0.0486. The molecule has 2 saturated heterocycles. The van der Waals surface area contributed by atoms with Gasteiger partial charge in [0, 0.05) is 31.2 Å². The quantitative estimate of drug-likeness (QED) is 0.836. The molecule has 4 rings (SSSR count). The average Bonchev–Trinajstić information content (AvgIpc) is 3.23. The largest absolute Gasteiger partial charge is 0.296 e. The van der Waals surface area contributed by atoms with E-state index in [2.05, 4.69) is 22.0 Å². The van der Waals surface area contributed by atoms with Gasteiger partial charge < -0.3 is 0 Å². The first-order valence-corrected chi connectivity index (χ1v) is 10.9. The predicted octanol–water partition coefficient (Wildman–Crippen LogP) is 2.21. The number of nitrogens with zero attached hydrogens (tertiary/aromatic N) is 3. The van der Waals surface area contributed by atoms with Gasteiger partial charge in [-0.2, -0.15) is 4.31 Å². The van der Waals surface area contributed by atoms with Crippen LogP contribution in [0.3, 0.4) is 0 Å². The van der Waals surface area contributed by atoms with Crippen molar-refractivity contribution in [2.45, 2.75) is 12.6 Å². The van der Waals surface area contributed by atoms with Crippen molar-refractivity contribution in [2.24, 2.45) is 11.8 Å². The molecular weight excluding hydrogens is 342 g/mol. The van der Waals surface area contributed by atoms with E-state index in [-0.39, 0.29) is 6.04 Å². The zero-order valence-corrected chi connectivity index (χ0v) is 15.2. The van der Waals surface area contributed by atoms with Gasteiger partial charge in [0.05, 0.1) is 18.8 Å². The molecule has 0 N–H and O–H groups in total. The van der Waals surface area contributed by atoms with Crippen molar-refractivity contribution in [1.29, 1.82) is 0 Å². The summed E-state index contributed by atoms with van der Waals surface area (Å²) in [6.07, 6.45) is 3.17. The topological polar surface area (TPSA) is 53.5 Å². The second-order valence-electron chi connectivity index (χ2n) is 6.73. The smallest absolute Gasteiger partial charge is 0.211 e. The molecule has 0 saturated carbocycles. The van der Waals surface area contributed by atoms with Crippen molar-refractivity contribution in [3.63, 3.8) is 0 Å². The maximum Gasteiger partial charge on any atom is 0.211 e. The summed E-state index contributed by atoms with van der Waals surface area (Å²) in [4.78, 5) is 6.80. The summed E-state index contributed by atoms with van der Waals surface area (Å²) in [7, 11) is -3.20. The van der Waals surface area contributed by atoms with Gasteiger partial charge in [-0.3, -0.25) is 4.90 Å². The number of rotatable bonds is 4. The van der Waals surface area contributed by atoms with Crippen molar-refractivity contribution in [1.82, 2.24) is 14.2 Å². The zero-order valence-electron chi connectivity index (χ0n) is 13.6. The Bertz CT molecular complexity index is 793. The summed E-state index contributed by atoms with van der Waals surface area (Å²) in [6.45, 7) is 3.36. The van der Waals surface area contributed by atoms with Crippen molar-refractivity contribution >= 4 is 21.4 Å². The molecule has 24 heavy (non-hydrogen) atoms. The Morgan fingerprint density at radius 1 is 1.21 bits per heavy atom. The maximum atomic E-state index is 12.3. The fourth-order valence-corrected chi connectivity index (χ4v) is 5.97. The van der Waals surface area contributed by atoms with Gasteiger partial charge in [0.1, 0.15) is 5.01 Å². The van der Waals surface area contributed by atoms with Crippen molar-refractivity contribution < 1.29 is 8.42 Å². The minimum atomic E-state index is -3.20. The number of aromatic nitrogens is 1. The molecule has 0 bridgehead atoms. The van der Waals surface area contributed by atoms with Crippen molar-refractivity contribution in [3.05, 3.63) is 52.5 Å². The molecular formula is C17H21N3O2S2. The molecule has 1 aromatic carbocycles. The first kappa shape index (κ1) is 16.2. The summed E-state index contributed by atoms with van der Waals surface area (Å²) in [5.41, 5.74) is 1.10. The number of thiazole rings is 1. The number of likely N-dealkylation sites (tertiary alicyclic amines) is 1. The van der Waals surface area contributed by atoms with Crippen LogP contribution in [0.15, 0.2) is 41.9 Å². The summed E-state index contributed by atoms with van der Waals surface area (Å²) >= 11 is 1.68. The molecule has 5 nitrogen and oxygen atoms in total. The van der Waals surface area contributed by atoms with E-state index in [1.165, 1.54) is 6.26 Å². The highest BCUT2D eigenvalue weighted by Crippen LogP contribution is 2.46. The van der Waals surface area contributed by atoms with Crippen LogP contribution in [0.25, 0.3) is 0 Å². The second kappa shape index (κ2) is 6.22. The normalized spacial score (nSPS) is 28.3. The van der Waals surface area contributed by atoms with E-state index in [1.807, 2.05) is 29.8 Å². The molecule has 2 aromatic rings. The van der Waals surface area contributed by atoms with E-state index in [4.69, 9.17) is 0 Å². The van der Waals surface area contributed by atoms with Crippen LogP contribution >= 0.6 is 11.3 Å². The predicted molar refractivity (Wildman–Crippen MR) is 95.1 cm³/mol. The minimum Gasteiger partial charge on any atom is -0.296 e. The number of fused-ring (bicyclic) bond motifs is 1. The first-order valence-electron chi connectivity index (χ1n) is 8.15. The molecule has 0 amide bonds. The lowest BCUT2D eigenvalue weighted by Crippen LogP contribution is -2.34. The lowest BCUT2D eigenvalue weighted by atomic mass is 9.90. The van der Waals surface area contributed by atoms with Crippen LogP contribution in [0.5, 0.6) is 0 Å². The maximum absolute atomic E-state index is 12.3. The van der Waals surface area contributed by atoms with Crippen LogP contribution in [0.1, 0.15) is 16.6 Å². The molecule has 2 aliphatic heterocycles. The third kappa shape index (κ3) is 3.01. The van der Waals surface area contributed by atoms with E-state index in [9.17, 15) is 8.42 Å². The van der Waals surface area contributed by atoms with E-state index in [0.29, 0.717) is 18.4 Å².